The second kappa shape index (κ2) is 10.9. The van der Waals surface area contributed by atoms with Gasteiger partial charge in [-0.3, -0.25) is 4.90 Å². The van der Waals surface area contributed by atoms with Crippen LogP contribution in [0.5, 0.6) is 0 Å². The van der Waals surface area contributed by atoms with Crippen molar-refractivity contribution in [1.29, 1.82) is 0 Å². The first-order valence-corrected chi connectivity index (χ1v) is 14.0. The molecule has 3 aromatic rings. The van der Waals surface area contributed by atoms with E-state index in [1.807, 2.05) is 66.7 Å². The molecular formula is C28H35N3O3S. The van der Waals surface area contributed by atoms with Crippen molar-refractivity contribution in [3.63, 3.8) is 0 Å². The highest BCUT2D eigenvalue weighted by Crippen LogP contribution is 2.34. The molecule has 0 radical (unpaired) electrons. The molecule has 1 heterocycles. The van der Waals surface area contributed by atoms with Crippen LogP contribution in [0.4, 0.5) is 5.69 Å². The molecule has 1 fully saturated rings. The first-order chi connectivity index (χ1) is 16.7. The molecule has 1 aliphatic rings. The van der Waals surface area contributed by atoms with Crippen molar-refractivity contribution in [3.8, 4) is 0 Å². The van der Waals surface area contributed by atoms with E-state index in [-0.39, 0.29) is 0 Å². The van der Waals surface area contributed by atoms with E-state index >= 15 is 0 Å². The number of rotatable bonds is 8. The number of nitrogens with two attached hydrogens (primary N) is 1. The summed E-state index contributed by atoms with van der Waals surface area (Å²) in [6.45, 7) is 5.39. The lowest BCUT2D eigenvalue weighted by molar-refractivity contribution is 0.0577. The van der Waals surface area contributed by atoms with Crippen LogP contribution in [0.1, 0.15) is 29.5 Å². The fourth-order valence-electron chi connectivity index (χ4n) is 4.79. The summed E-state index contributed by atoms with van der Waals surface area (Å²) < 4.78 is 23.4. The lowest BCUT2D eigenvalue weighted by Gasteiger charge is -2.32. The maximum Gasteiger partial charge on any atom is 0.175 e. The smallest absolute Gasteiger partial charge is 0.175 e. The highest BCUT2D eigenvalue weighted by Gasteiger charge is 2.32. The summed E-state index contributed by atoms with van der Waals surface area (Å²) >= 11 is 0. The number of benzene rings is 3. The Morgan fingerprint density at radius 3 is 2.20 bits per heavy atom. The Morgan fingerprint density at radius 1 is 0.857 bits per heavy atom. The Morgan fingerprint density at radius 2 is 1.51 bits per heavy atom. The van der Waals surface area contributed by atoms with Gasteiger partial charge < -0.3 is 15.7 Å². The quantitative estimate of drug-likeness (QED) is 0.467. The van der Waals surface area contributed by atoms with Crippen molar-refractivity contribution in [3.05, 3.63) is 95.6 Å². The molecule has 0 bridgehead atoms. The highest BCUT2D eigenvalue weighted by molar-refractivity contribution is 7.90. The van der Waals surface area contributed by atoms with Crippen molar-refractivity contribution >= 4 is 15.5 Å². The van der Waals surface area contributed by atoms with Crippen LogP contribution in [-0.2, 0) is 22.0 Å². The zero-order valence-electron chi connectivity index (χ0n) is 20.3. The minimum Gasteiger partial charge on any atom is -0.399 e. The standard InChI is InChI=1S/C28H35N3O3S/c1-35(33,34)27-13-11-23(12-14-27)22-31-17-6-16-30(19-20-31)18-15-28(32,24-7-3-2-4-8-24)25-9-5-10-26(29)21-25/h2-5,7-14,21,32H,6,15-20,22,29H2,1H3. The number of hydrogen-bond donors (Lipinski definition) is 2. The first-order valence-electron chi connectivity index (χ1n) is 12.1. The van der Waals surface area contributed by atoms with E-state index in [1.165, 1.54) is 6.26 Å². The number of sulfone groups is 1. The zero-order chi connectivity index (χ0) is 24.9. The SMILES string of the molecule is CS(=O)(=O)c1ccc(CN2CCCN(CCC(O)(c3ccccc3)c3cccc(N)c3)CC2)cc1. The Labute approximate surface area is 208 Å². The van der Waals surface area contributed by atoms with E-state index in [9.17, 15) is 13.5 Å². The van der Waals surface area contributed by atoms with Crippen molar-refractivity contribution in [1.82, 2.24) is 9.80 Å². The minimum absolute atomic E-state index is 0.356. The van der Waals surface area contributed by atoms with Crippen LogP contribution in [0.3, 0.4) is 0 Å². The van der Waals surface area contributed by atoms with Crippen LogP contribution < -0.4 is 5.73 Å². The predicted molar refractivity (Wildman–Crippen MR) is 141 cm³/mol. The molecular weight excluding hydrogens is 458 g/mol. The van der Waals surface area contributed by atoms with Crippen molar-refractivity contribution in [2.75, 3.05) is 44.7 Å². The summed E-state index contributed by atoms with van der Waals surface area (Å²) in [7, 11) is -3.17. The van der Waals surface area contributed by atoms with E-state index in [0.29, 0.717) is 17.0 Å². The van der Waals surface area contributed by atoms with Crippen molar-refractivity contribution in [2.45, 2.75) is 29.9 Å². The van der Waals surface area contributed by atoms with Crippen molar-refractivity contribution < 1.29 is 13.5 Å². The van der Waals surface area contributed by atoms with E-state index in [1.54, 1.807) is 12.1 Å². The van der Waals surface area contributed by atoms with Crippen LogP contribution in [0, 0.1) is 0 Å². The molecule has 4 rings (SSSR count). The van der Waals surface area contributed by atoms with Gasteiger partial charge in [-0.1, -0.05) is 54.6 Å². The van der Waals surface area contributed by atoms with Crippen LogP contribution in [0.25, 0.3) is 0 Å². The third-order valence-electron chi connectivity index (χ3n) is 6.84. The summed E-state index contributed by atoms with van der Waals surface area (Å²) in [5.74, 6) is 0. The van der Waals surface area contributed by atoms with E-state index < -0.39 is 15.4 Å². The third-order valence-corrected chi connectivity index (χ3v) is 7.97. The van der Waals surface area contributed by atoms with Crippen LogP contribution in [0.2, 0.25) is 0 Å². The lowest BCUT2D eigenvalue weighted by atomic mass is 9.83. The van der Waals surface area contributed by atoms with Gasteiger partial charge in [-0.05, 0) is 66.9 Å². The van der Waals surface area contributed by atoms with Gasteiger partial charge in [-0.2, -0.15) is 0 Å². The van der Waals surface area contributed by atoms with Gasteiger partial charge in [-0.15, -0.1) is 0 Å². The molecule has 0 spiro atoms. The number of aliphatic hydroxyl groups is 1. The first kappa shape index (κ1) is 25.4. The second-order valence-electron chi connectivity index (χ2n) is 9.49. The largest absolute Gasteiger partial charge is 0.399 e. The molecule has 7 heteroatoms. The van der Waals surface area contributed by atoms with Gasteiger partial charge in [0.1, 0.15) is 5.60 Å². The molecule has 1 saturated heterocycles. The maximum atomic E-state index is 11.9. The zero-order valence-corrected chi connectivity index (χ0v) is 21.1. The molecule has 3 aromatic carbocycles. The van der Waals surface area contributed by atoms with Gasteiger partial charge in [0, 0.05) is 38.1 Å². The van der Waals surface area contributed by atoms with Gasteiger partial charge in [0.2, 0.25) is 0 Å². The third kappa shape index (κ3) is 6.49. The molecule has 1 unspecified atom stereocenters. The Bertz CT molecular complexity index is 1220. The summed E-state index contributed by atoms with van der Waals surface area (Å²) in [4.78, 5) is 5.19. The molecule has 6 nitrogen and oxygen atoms in total. The summed E-state index contributed by atoms with van der Waals surface area (Å²) in [5, 5.41) is 11.9. The van der Waals surface area contributed by atoms with Gasteiger partial charge in [0.15, 0.2) is 9.84 Å². The van der Waals surface area contributed by atoms with Gasteiger partial charge in [0.05, 0.1) is 4.90 Å². The maximum absolute atomic E-state index is 11.9. The molecule has 0 aromatic heterocycles. The number of nitrogen functional groups attached to an aromatic ring is 1. The van der Waals surface area contributed by atoms with Crippen LogP contribution in [0.15, 0.2) is 83.8 Å². The van der Waals surface area contributed by atoms with Gasteiger partial charge >= 0.3 is 0 Å². The van der Waals surface area contributed by atoms with E-state index in [4.69, 9.17) is 5.73 Å². The van der Waals surface area contributed by atoms with Gasteiger partial charge in [0.25, 0.3) is 0 Å². The Balaban J connectivity index is 1.39. The van der Waals surface area contributed by atoms with Crippen molar-refractivity contribution in [2.24, 2.45) is 0 Å². The average Bonchev–Trinajstić information content (AvgIpc) is 3.08. The Kier molecular flexibility index (Phi) is 7.91. The number of hydrogen-bond acceptors (Lipinski definition) is 6. The molecule has 186 valence electrons. The Hall–Kier alpha value is -2.71. The summed E-state index contributed by atoms with van der Waals surface area (Å²) in [6, 6.07) is 24.6. The highest BCUT2D eigenvalue weighted by atomic mass is 32.2. The molecule has 3 N–H and O–H groups in total. The fraction of sp³-hybridized carbons (Fsp3) is 0.357. The van der Waals surface area contributed by atoms with Crippen LogP contribution >= 0.6 is 0 Å². The number of nitrogens with zero attached hydrogens (tertiary/aromatic N) is 2. The summed E-state index contributed by atoms with van der Waals surface area (Å²) in [6.07, 6.45) is 2.86. The fourth-order valence-corrected chi connectivity index (χ4v) is 5.42. The second-order valence-corrected chi connectivity index (χ2v) is 11.5. The topological polar surface area (TPSA) is 86.9 Å². The molecule has 1 atom stereocenters. The monoisotopic (exact) mass is 493 g/mol. The van der Waals surface area contributed by atoms with Gasteiger partial charge in [-0.25, -0.2) is 8.42 Å². The van der Waals surface area contributed by atoms with Crippen LogP contribution in [-0.4, -0.2) is 62.3 Å². The predicted octanol–water partition coefficient (Wildman–Crippen LogP) is 3.51. The van der Waals surface area contributed by atoms with E-state index in [0.717, 1.165) is 62.4 Å². The molecule has 0 aliphatic carbocycles. The molecule has 1 aliphatic heterocycles. The van der Waals surface area contributed by atoms with E-state index in [2.05, 4.69) is 9.80 Å². The molecule has 0 amide bonds. The molecule has 0 saturated carbocycles. The summed E-state index contributed by atoms with van der Waals surface area (Å²) in [5.41, 5.74) is 8.39. The lowest BCUT2D eigenvalue weighted by Crippen LogP contribution is -2.36. The minimum atomic E-state index is -3.17. The normalized spacial score (nSPS) is 17.5. The molecule has 35 heavy (non-hydrogen) atoms. The average molecular weight is 494 g/mol. The number of anilines is 1.